The molecule has 24 heavy (non-hydrogen) atoms. The Balaban J connectivity index is 1.85. The standard InChI is InChI=1S/C17H12Cl2FNO3/c18-12-3-1-2-11(8-12)4-7-17(23)24-10-16(22)21-15-9-13(19)5-6-14(15)20/h1-9H,10H2,(H,21,22)/b7-4+. The Morgan fingerprint density at radius 2 is 1.88 bits per heavy atom. The molecule has 0 atom stereocenters. The molecule has 0 spiro atoms. The maximum atomic E-state index is 13.5. The first kappa shape index (κ1) is 18.0. The first-order valence-corrected chi connectivity index (χ1v) is 7.55. The van der Waals surface area contributed by atoms with Crippen LogP contribution in [0.25, 0.3) is 6.08 Å². The highest BCUT2D eigenvalue weighted by molar-refractivity contribution is 6.31. The van der Waals surface area contributed by atoms with Crippen LogP contribution in [0, 0.1) is 5.82 Å². The molecule has 0 saturated heterocycles. The normalized spacial score (nSPS) is 10.6. The van der Waals surface area contributed by atoms with E-state index in [1.807, 2.05) is 0 Å². The average molecular weight is 368 g/mol. The number of carbonyl (C=O) groups excluding carboxylic acids is 2. The Morgan fingerprint density at radius 1 is 1.12 bits per heavy atom. The van der Waals surface area contributed by atoms with Gasteiger partial charge in [-0.25, -0.2) is 9.18 Å². The first-order chi connectivity index (χ1) is 11.4. The molecule has 0 aromatic heterocycles. The van der Waals surface area contributed by atoms with Gasteiger partial charge in [0.25, 0.3) is 5.91 Å². The van der Waals surface area contributed by atoms with E-state index < -0.39 is 24.3 Å². The molecular weight excluding hydrogens is 356 g/mol. The lowest BCUT2D eigenvalue weighted by molar-refractivity contribution is -0.142. The fourth-order valence-corrected chi connectivity index (χ4v) is 2.11. The fraction of sp³-hybridized carbons (Fsp3) is 0.0588. The SMILES string of the molecule is O=C(COC(=O)/C=C/c1cccc(Cl)c1)Nc1cc(Cl)ccc1F. The highest BCUT2D eigenvalue weighted by Crippen LogP contribution is 2.19. The quantitative estimate of drug-likeness (QED) is 0.632. The Kier molecular flexibility index (Phi) is 6.35. The lowest BCUT2D eigenvalue weighted by atomic mass is 10.2. The van der Waals surface area contributed by atoms with Gasteiger partial charge in [0.2, 0.25) is 0 Å². The third kappa shape index (κ3) is 5.68. The molecule has 4 nitrogen and oxygen atoms in total. The predicted molar refractivity (Wildman–Crippen MR) is 91.5 cm³/mol. The summed E-state index contributed by atoms with van der Waals surface area (Å²) < 4.78 is 18.2. The third-order valence-corrected chi connectivity index (χ3v) is 3.28. The van der Waals surface area contributed by atoms with Gasteiger partial charge in [-0.15, -0.1) is 0 Å². The molecule has 0 aliphatic rings. The lowest BCUT2D eigenvalue weighted by Gasteiger charge is -2.06. The molecule has 0 fully saturated rings. The van der Waals surface area contributed by atoms with Crippen molar-refractivity contribution in [3.05, 3.63) is 70.0 Å². The zero-order chi connectivity index (χ0) is 17.5. The molecule has 7 heteroatoms. The summed E-state index contributed by atoms with van der Waals surface area (Å²) in [6, 6.07) is 10.6. The number of hydrogen-bond donors (Lipinski definition) is 1. The van der Waals surface area contributed by atoms with Crippen LogP contribution in [0.5, 0.6) is 0 Å². The molecule has 2 aromatic carbocycles. The van der Waals surface area contributed by atoms with Gasteiger partial charge in [0.15, 0.2) is 6.61 Å². The highest BCUT2D eigenvalue weighted by Gasteiger charge is 2.09. The van der Waals surface area contributed by atoms with Crippen molar-refractivity contribution in [1.82, 2.24) is 0 Å². The van der Waals surface area contributed by atoms with Gasteiger partial charge in [-0.05, 0) is 42.0 Å². The van der Waals surface area contributed by atoms with Crippen LogP contribution in [0.2, 0.25) is 10.0 Å². The molecule has 0 aliphatic heterocycles. The molecule has 0 radical (unpaired) electrons. The molecule has 1 N–H and O–H groups in total. The molecule has 0 unspecified atom stereocenters. The van der Waals surface area contributed by atoms with Crippen LogP contribution in [0.4, 0.5) is 10.1 Å². The Bertz CT molecular complexity index is 793. The number of benzene rings is 2. The summed E-state index contributed by atoms with van der Waals surface area (Å²) in [4.78, 5) is 23.2. The minimum atomic E-state index is -0.711. The van der Waals surface area contributed by atoms with Gasteiger partial charge in [-0.1, -0.05) is 35.3 Å². The van der Waals surface area contributed by atoms with Crippen LogP contribution < -0.4 is 5.32 Å². The van der Waals surface area contributed by atoms with Crippen LogP contribution in [-0.4, -0.2) is 18.5 Å². The number of anilines is 1. The number of ether oxygens (including phenoxy) is 1. The van der Waals surface area contributed by atoms with Crippen molar-refractivity contribution in [3.8, 4) is 0 Å². The van der Waals surface area contributed by atoms with Crippen molar-refractivity contribution in [2.45, 2.75) is 0 Å². The number of rotatable bonds is 5. The van der Waals surface area contributed by atoms with E-state index in [-0.39, 0.29) is 10.7 Å². The maximum Gasteiger partial charge on any atom is 0.331 e. The number of amides is 1. The second kappa shape index (κ2) is 8.47. The number of hydrogen-bond acceptors (Lipinski definition) is 3. The van der Waals surface area contributed by atoms with Crippen molar-refractivity contribution in [2.75, 3.05) is 11.9 Å². The maximum absolute atomic E-state index is 13.5. The van der Waals surface area contributed by atoms with E-state index in [4.69, 9.17) is 27.9 Å². The molecule has 0 saturated carbocycles. The van der Waals surface area contributed by atoms with E-state index in [1.54, 1.807) is 24.3 Å². The molecular formula is C17H12Cl2FNO3. The van der Waals surface area contributed by atoms with Gasteiger partial charge in [-0.3, -0.25) is 4.79 Å². The Morgan fingerprint density at radius 3 is 2.62 bits per heavy atom. The predicted octanol–water partition coefficient (Wildman–Crippen LogP) is 4.33. The van der Waals surface area contributed by atoms with Gasteiger partial charge in [0.1, 0.15) is 5.82 Å². The van der Waals surface area contributed by atoms with Crippen LogP contribution >= 0.6 is 23.2 Å². The Hall–Kier alpha value is -2.37. The largest absolute Gasteiger partial charge is 0.452 e. The number of esters is 1. The van der Waals surface area contributed by atoms with Crippen LogP contribution in [0.1, 0.15) is 5.56 Å². The minimum absolute atomic E-state index is 0.0852. The summed E-state index contributed by atoms with van der Waals surface area (Å²) in [5.74, 6) is -2.03. The lowest BCUT2D eigenvalue weighted by Crippen LogP contribution is -2.20. The summed E-state index contributed by atoms with van der Waals surface area (Å²) in [7, 11) is 0. The summed E-state index contributed by atoms with van der Waals surface area (Å²) >= 11 is 11.5. The van der Waals surface area contributed by atoms with E-state index in [2.05, 4.69) is 5.32 Å². The average Bonchev–Trinajstić information content (AvgIpc) is 2.54. The minimum Gasteiger partial charge on any atom is -0.452 e. The summed E-state index contributed by atoms with van der Waals surface area (Å²) in [5, 5.41) is 3.08. The summed E-state index contributed by atoms with van der Waals surface area (Å²) in [5.41, 5.74) is 0.628. The Labute approximate surface area is 147 Å². The van der Waals surface area contributed by atoms with Gasteiger partial charge in [0.05, 0.1) is 5.69 Å². The van der Waals surface area contributed by atoms with Gasteiger partial charge >= 0.3 is 5.97 Å². The van der Waals surface area contributed by atoms with Crippen LogP contribution in [0.15, 0.2) is 48.5 Å². The van der Waals surface area contributed by atoms with Crippen LogP contribution in [-0.2, 0) is 14.3 Å². The van der Waals surface area contributed by atoms with Crippen molar-refractivity contribution in [2.24, 2.45) is 0 Å². The molecule has 0 bridgehead atoms. The van der Waals surface area contributed by atoms with Crippen molar-refractivity contribution >= 4 is 46.8 Å². The monoisotopic (exact) mass is 367 g/mol. The van der Waals surface area contributed by atoms with Crippen molar-refractivity contribution in [3.63, 3.8) is 0 Å². The fourth-order valence-electron chi connectivity index (χ4n) is 1.74. The van der Waals surface area contributed by atoms with E-state index in [0.717, 1.165) is 6.07 Å². The van der Waals surface area contributed by atoms with Crippen molar-refractivity contribution < 1.29 is 18.7 Å². The molecule has 1 amide bonds. The second-order valence-corrected chi connectivity index (χ2v) is 5.54. The first-order valence-electron chi connectivity index (χ1n) is 6.79. The van der Waals surface area contributed by atoms with E-state index in [9.17, 15) is 14.0 Å². The van der Waals surface area contributed by atoms with E-state index >= 15 is 0 Å². The summed E-state index contributed by atoms with van der Waals surface area (Å²) in [6.07, 6.45) is 2.67. The third-order valence-electron chi connectivity index (χ3n) is 2.81. The summed E-state index contributed by atoms with van der Waals surface area (Å²) in [6.45, 7) is -0.551. The van der Waals surface area contributed by atoms with Crippen LogP contribution in [0.3, 0.4) is 0 Å². The number of carbonyl (C=O) groups is 2. The molecule has 2 rings (SSSR count). The molecule has 124 valence electrons. The second-order valence-electron chi connectivity index (χ2n) is 4.67. The topological polar surface area (TPSA) is 55.4 Å². The number of halogens is 3. The highest BCUT2D eigenvalue weighted by atomic mass is 35.5. The zero-order valence-electron chi connectivity index (χ0n) is 12.3. The van der Waals surface area contributed by atoms with E-state index in [0.29, 0.717) is 10.6 Å². The number of nitrogens with one attached hydrogen (secondary N) is 1. The van der Waals surface area contributed by atoms with Crippen molar-refractivity contribution in [1.29, 1.82) is 0 Å². The van der Waals surface area contributed by atoms with Gasteiger partial charge in [-0.2, -0.15) is 0 Å². The smallest absolute Gasteiger partial charge is 0.331 e. The van der Waals surface area contributed by atoms with Gasteiger partial charge in [0, 0.05) is 16.1 Å². The molecule has 0 heterocycles. The molecule has 0 aliphatic carbocycles. The zero-order valence-corrected chi connectivity index (χ0v) is 13.8. The van der Waals surface area contributed by atoms with Gasteiger partial charge < -0.3 is 10.1 Å². The molecule has 2 aromatic rings. The van der Waals surface area contributed by atoms with E-state index in [1.165, 1.54) is 24.3 Å².